The third-order valence-electron chi connectivity index (χ3n) is 4.91. The zero-order valence-electron chi connectivity index (χ0n) is 15.3. The van der Waals surface area contributed by atoms with Gasteiger partial charge in [-0.3, -0.25) is 9.88 Å². The summed E-state index contributed by atoms with van der Waals surface area (Å²) >= 11 is 0. The molecule has 1 aromatic heterocycles. The number of amides is 2. The summed E-state index contributed by atoms with van der Waals surface area (Å²) in [4.78, 5) is 20.9. The van der Waals surface area contributed by atoms with Gasteiger partial charge in [-0.2, -0.15) is 0 Å². The van der Waals surface area contributed by atoms with Gasteiger partial charge in [0, 0.05) is 51.7 Å². The summed E-state index contributed by atoms with van der Waals surface area (Å²) in [6.45, 7) is 5.02. The van der Waals surface area contributed by atoms with Crippen LogP contribution in [0.5, 0.6) is 11.5 Å². The molecule has 1 N–H and O–H groups in total. The lowest BCUT2D eigenvalue weighted by molar-refractivity contribution is 0.174. The number of nitrogens with one attached hydrogen (secondary N) is 1. The average Bonchev–Trinajstić information content (AvgIpc) is 3.04. The van der Waals surface area contributed by atoms with Gasteiger partial charge < -0.3 is 19.7 Å². The van der Waals surface area contributed by atoms with Gasteiger partial charge >= 0.3 is 6.03 Å². The molecule has 142 valence electrons. The zero-order chi connectivity index (χ0) is 18.5. The first-order valence-corrected chi connectivity index (χ1v) is 9.30. The first-order valence-electron chi connectivity index (χ1n) is 9.30. The Balaban J connectivity index is 1.27. The Hall–Kier alpha value is -2.80. The first kappa shape index (κ1) is 17.6. The molecule has 1 aromatic carbocycles. The SMILES string of the molecule is O=C(NCc1ccc2c(c1)OCO2)N1CCCN(Cc2ccncc2)CC1. The standard InChI is InChI=1S/C20H24N4O3/c25-20(22-13-17-2-3-18-19(12-17)27-15-26-18)24-9-1-8-23(10-11-24)14-16-4-6-21-7-5-16/h2-7,12H,1,8-11,13-15H2,(H,22,25). The van der Waals surface area contributed by atoms with Crippen LogP contribution in [0.25, 0.3) is 0 Å². The van der Waals surface area contributed by atoms with E-state index in [0.717, 1.165) is 56.2 Å². The quantitative estimate of drug-likeness (QED) is 0.896. The molecule has 2 amide bonds. The highest BCUT2D eigenvalue weighted by Gasteiger charge is 2.19. The van der Waals surface area contributed by atoms with Crippen molar-refractivity contribution < 1.29 is 14.3 Å². The van der Waals surface area contributed by atoms with Gasteiger partial charge in [-0.1, -0.05) is 6.07 Å². The minimum atomic E-state index is -0.0153. The van der Waals surface area contributed by atoms with Gasteiger partial charge in [0.05, 0.1) is 0 Å². The Labute approximate surface area is 158 Å². The summed E-state index contributed by atoms with van der Waals surface area (Å²) < 4.78 is 10.7. The topological polar surface area (TPSA) is 66.9 Å². The molecule has 0 atom stereocenters. The van der Waals surface area contributed by atoms with Gasteiger partial charge in [0.2, 0.25) is 6.79 Å². The summed E-state index contributed by atoms with van der Waals surface area (Å²) in [5.41, 5.74) is 2.26. The van der Waals surface area contributed by atoms with Crippen molar-refractivity contribution >= 4 is 6.03 Å². The van der Waals surface area contributed by atoms with E-state index in [9.17, 15) is 4.79 Å². The lowest BCUT2D eigenvalue weighted by atomic mass is 10.2. The number of benzene rings is 1. The van der Waals surface area contributed by atoms with Gasteiger partial charge in [0.1, 0.15) is 0 Å². The molecule has 0 radical (unpaired) electrons. The number of carbonyl (C=O) groups excluding carboxylic acids is 1. The number of rotatable bonds is 4. The highest BCUT2D eigenvalue weighted by molar-refractivity contribution is 5.74. The number of ether oxygens (including phenoxy) is 2. The predicted octanol–water partition coefficient (Wildman–Crippen LogP) is 2.23. The molecule has 0 saturated carbocycles. The molecule has 1 fully saturated rings. The zero-order valence-corrected chi connectivity index (χ0v) is 15.3. The number of carbonyl (C=O) groups is 1. The predicted molar refractivity (Wildman–Crippen MR) is 101 cm³/mol. The highest BCUT2D eigenvalue weighted by Crippen LogP contribution is 2.32. The van der Waals surface area contributed by atoms with Crippen LogP contribution in [-0.2, 0) is 13.1 Å². The third-order valence-corrected chi connectivity index (χ3v) is 4.91. The maximum atomic E-state index is 12.6. The molecule has 7 nitrogen and oxygen atoms in total. The molecule has 2 aliphatic rings. The molecule has 0 unspecified atom stereocenters. The normalized spacial score (nSPS) is 16.8. The second kappa shape index (κ2) is 8.26. The van der Waals surface area contributed by atoms with Crippen molar-refractivity contribution in [3.63, 3.8) is 0 Å². The van der Waals surface area contributed by atoms with E-state index in [1.165, 1.54) is 5.56 Å². The van der Waals surface area contributed by atoms with E-state index in [-0.39, 0.29) is 12.8 Å². The van der Waals surface area contributed by atoms with Gasteiger partial charge in [-0.25, -0.2) is 4.79 Å². The van der Waals surface area contributed by atoms with Crippen molar-refractivity contribution in [1.82, 2.24) is 20.1 Å². The number of nitrogens with zero attached hydrogens (tertiary/aromatic N) is 3. The fourth-order valence-corrected chi connectivity index (χ4v) is 3.42. The van der Waals surface area contributed by atoms with E-state index in [2.05, 4.69) is 15.2 Å². The van der Waals surface area contributed by atoms with E-state index in [4.69, 9.17) is 9.47 Å². The van der Waals surface area contributed by atoms with Crippen molar-refractivity contribution in [2.75, 3.05) is 33.0 Å². The summed E-state index contributed by atoms with van der Waals surface area (Å²) in [6, 6.07) is 9.82. The number of hydrogen-bond acceptors (Lipinski definition) is 5. The minimum absolute atomic E-state index is 0.0153. The third kappa shape index (κ3) is 4.49. The molecular weight excluding hydrogens is 344 g/mol. The van der Waals surface area contributed by atoms with Crippen LogP contribution in [0.4, 0.5) is 4.79 Å². The maximum Gasteiger partial charge on any atom is 0.317 e. The van der Waals surface area contributed by atoms with Gasteiger partial charge in [0.15, 0.2) is 11.5 Å². The molecule has 0 aliphatic carbocycles. The molecule has 2 aromatic rings. The van der Waals surface area contributed by atoms with Crippen LogP contribution in [-0.4, -0.2) is 53.8 Å². The summed E-state index contributed by atoms with van der Waals surface area (Å²) in [7, 11) is 0. The number of aromatic nitrogens is 1. The summed E-state index contributed by atoms with van der Waals surface area (Å²) in [5, 5.41) is 3.02. The van der Waals surface area contributed by atoms with Crippen molar-refractivity contribution in [3.05, 3.63) is 53.9 Å². The van der Waals surface area contributed by atoms with E-state index < -0.39 is 0 Å². The molecule has 3 heterocycles. The summed E-state index contributed by atoms with van der Waals surface area (Å²) in [5.74, 6) is 1.50. The smallest absolute Gasteiger partial charge is 0.317 e. The minimum Gasteiger partial charge on any atom is -0.454 e. The molecular formula is C20H24N4O3. The van der Waals surface area contributed by atoms with Crippen LogP contribution >= 0.6 is 0 Å². The Bertz CT molecular complexity index is 784. The highest BCUT2D eigenvalue weighted by atomic mass is 16.7. The molecule has 4 rings (SSSR count). The summed E-state index contributed by atoms with van der Waals surface area (Å²) in [6.07, 6.45) is 4.62. The van der Waals surface area contributed by atoms with Crippen LogP contribution < -0.4 is 14.8 Å². The number of pyridine rings is 1. The second-order valence-corrected chi connectivity index (χ2v) is 6.82. The van der Waals surface area contributed by atoms with Crippen LogP contribution in [0, 0.1) is 0 Å². The van der Waals surface area contributed by atoms with Gasteiger partial charge in [-0.05, 0) is 41.8 Å². The molecule has 1 saturated heterocycles. The van der Waals surface area contributed by atoms with E-state index in [1.54, 1.807) is 0 Å². The van der Waals surface area contributed by atoms with Crippen LogP contribution in [0.15, 0.2) is 42.7 Å². The van der Waals surface area contributed by atoms with Crippen LogP contribution in [0.1, 0.15) is 17.5 Å². The fraction of sp³-hybridized carbons (Fsp3) is 0.400. The molecule has 7 heteroatoms. The van der Waals surface area contributed by atoms with E-state index in [0.29, 0.717) is 6.54 Å². The van der Waals surface area contributed by atoms with E-state index >= 15 is 0 Å². The lowest BCUT2D eigenvalue weighted by Gasteiger charge is -2.22. The Kier molecular flexibility index (Phi) is 5.39. The second-order valence-electron chi connectivity index (χ2n) is 6.82. The maximum absolute atomic E-state index is 12.6. The van der Waals surface area contributed by atoms with Crippen molar-refractivity contribution in [3.8, 4) is 11.5 Å². The molecule has 0 spiro atoms. The monoisotopic (exact) mass is 368 g/mol. The number of hydrogen-bond donors (Lipinski definition) is 1. The first-order chi connectivity index (χ1) is 13.3. The van der Waals surface area contributed by atoms with Crippen LogP contribution in [0.3, 0.4) is 0 Å². The largest absolute Gasteiger partial charge is 0.454 e. The molecule has 2 aliphatic heterocycles. The van der Waals surface area contributed by atoms with Gasteiger partial charge in [0.25, 0.3) is 0 Å². The Morgan fingerprint density at radius 2 is 1.85 bits per heavy atom. The van der Waals surface area contributed by atoms with Crippen molar-refractivity contribution in [2.45, 2.75) is 19.5 Å². The fourth-order valence-electron chi connectivity index (χ4n) is 3.42. The molecule has 27 heavy (non-hydrogen) atoms. The van der Waals surface area contributed by atoms with Gasteiger partial charge in [-0.15, -0.1) is 0 Å². The number of fused-ring (bicyclic) bond motifs is 1. The molecule has 0 bridgehead atoms. The van der Waals surface area contributed by atoms with Crippen molar-refractivity contribution in [2.24, 2.45) is 0 Å². The van der Waals surface area contributed by atoms with Crippen molar-refractivity contribution in [1.29, 1.82) is 0 Å². The average molecular weight is 368 g/mol. The van der Waals surface area contributed by atoms with Crippen LogP contribution in [0.2, 0.25) is 0 Å². The lowest BCUT2D eigenvalue weighted by Crippen LogP contribution is -2.41. The Morgan fingerprint density at radius 1 is 1.00 bits per heavy atom. The Morgan fingerprint density at radius 3 is 2.74 bits per heavy atom. The number of urea groups is 1. The van der Waals surface area contributed by atoms with E-state index in [1.807, 2.05) is 47.6 Å².